The van der Waals surface area contributed by atoms with Crippen LogP contribution < -0.4 is 5.32 Å². The molecule has 4 nitrogen and oxygen atoms in total. The van der Waals surface area contributed by atoms with Gasteiger partial charge in [0.05, 0.1) is 0 Å². The molecule has 0 aliphatic heterocycles. The second-order valence-corrected chi connectivity index (χ2v) is 6.09. The van der Waals surface area contributed by atoms with Crippen LogP contribution in [-0.2, 0) is 0 Å². The van der Waals surface area contributed by atoms with Gasteiger partial charge >= 0.3 is 5.97 Å². The van der Waals surface area contributed by atoms with Crippen LogP contribution in [0.1, 0.15) is 55.6 Å². The summed E-state index contributed by atoms with van der Waals surface area (Å²) in [6, 6.07) is 3.65. The molecule has 0 aromatic carbocycles. The van der Waals surface area contributed by atoms with Crippen molar-refractivity contribution < 1.29 is 9.90 Å². The molecule has 1 unspecified atom stereocenters. The first-order chi connectivity index (χ1) is 8.90. The minimum atomic E-state index is -0.927. The molecule has 1 aliphatic rings. The third-order valence-electron chi connectivity index (χ3n) is 4.08. The number of pyridine rings is 1. The summed E-state index contributed by atoms with van der Waals surface area (Å²) in [5.41, 5.74) is 1.27. The first-order valence-electron chi connectivity index (χ1n) is 6.87. The number of rotatable bonds is 3. The number of anilines is 1. The number of carboxylic acids is 1. The maximum atomic E-state index is 11.3. The van der Waals surface area contributed by atoms with E-state index in [1.165, 1.54) is 19.3 Å². The predicted molar refractivity (Wildman–Crippen MR) is 75.6 cm³/mol. The summed E-state index contributed by atoms with van der Waals surface area (Å²) in [7, 11) is 0. The lowest BCUT2D eigenvalue weighted by Crippen LogP contribution is -2.39. The van der Waals surface area contributed by atoms with Gasteiger partial charge in [0.25, 0.3) is 0 Å². The highest BCUT2D eigenvalue weighted by Crippen LogP contribution is 2.37. The predicted octanol–water partition coefficient (Wildman–Crippen LogP) is 3.47. The zero-order chi connectivity index (χ0) is 14.0. The molecule has 19 heavy (non-hydrogen) atoms. The van der Waals surface area contributed by atoms with Gasteiger partial charge in [-0.05, 0) is 37.3 Å². The standard InChI is InChI=1S/C15H22N2O2/c1-10-7-8-11(14(18)19)13(16-10)17-12-6-4-5-9-15(12,2)3/h7-8,12H,4-6,9H2,1-3H3,(H,16,17)(H,18,19). The number of carbonyl (C=O) groups is 1. The number of aromatic nitrogens is 1. The van der Waals surface area contributed by atoms with Crippen LogP contribution >= 0.6 is 0 Å². The van der Waals surface area contributed by atoms with Gasteiger partial charge in [-0.15, -0.1) is 0 Å². The Morgan fingerprint density at radius 3 is 2.79 bits per heavy atom. The Kier molecular flexibility index (Phi) is 3.78. The highest BCUT2D eigenvalue weighted by Gasteiger charge is 2.33. The van der Waals surface area contributed by atoms with E-state index in [-0.39, 0.29) is 17.0 Å². The fourth-order valence-electron chi connectivity index (χ4n) is 2.77. The number of nitrogens with zero attached hydrogens (tertiary/aromatic N) is 1. The van der Waals surface area contributed by atoms with Crippen molar-refractivity contribution in [1.29, 1.82) is 0 Å². The second-order valence-electron chi connectivity index (χ2n) is 6.09. The summed E-state index contributed by atoms with van der Waals surface area (Å²) in [6.45, 7) is 6.35. The molecule has 1 aromatic heterocycles. The van der Waals surface area contributed by atoms with Gasteiger partial charge in [0.15, 0.2) is 0 Å². The van der Waals surface area contributed by atoms with Gasteiger partial charge in [0.1, 0.15) is 11.4 Å². The average molecular weight is 262 g/mol. The zero-order valence-electron chi connectivity index (χ0n) is 11.9. The van der Waals surface area contributed by atoms with E-state index in [1.807, 2.05) is 6.92 Å². The number of nitrogens with one attached hydrogen (secondary N) is 1. The monoisotopic (exact) mass is 262 g/mol. The Morgan fingerprint density at radius 2 is 2.16 bits per heavy atom. The third kappa shape index (κ3) is 3.06. The molecule has 1 fully saturated rings. The Bertz CT molecular complexity index is 483. The fraction of sp³-hybridized carbons (Fsp3) is 0.600. The van der Waals surface area contributed by atoms with Gasteiger partial charge in [-0.2, -0.15) is 0 Å². The number of hydrogen-bond donors (Lipinski definition) is 2. The Hall–Kier alpha value is -1.58. The minimum absolute atomic E-state index is 0.180. The molecule has 0 radical (unpaired) electrons. The molecule has 0 amide bonds. The van der Waals surface area contributed by atoms with E-state index < -0.39 is 5.97 Å². The van der Waals surface area contributed by atoms with E-state index >= 15 is 0 Å². The minimum Gasteiger partial charge on any atom is -0.478 e. The molecule has 1 aromatic rings. The Balaban J connectivity index is 2.27. The average Bonchev–Trinajstić information content (AvgIpc) is 2.31. The van der Waals surface area contributed by atoms with Crippen molar-refractivity contribution in [2.45, 2.75) is 52.5 Å². The third-order valence-corrected chi connectivity index (χ3v) is 4.08. The smallest absolute Gasteiger partial charge is 0.339 e. The molecule has 104 valence electrons. The van der Waals surface area contributed by atoms with Crippen molar-refractivity contribution in [3.05, 3.63) is 23.4 Å². The van der Waals surface area contributed by atoms with Gasteiger partial charge in [-0.1, -0.05) is 26.7 Å². The van der Waals surface area contributed by atoms with Crippen LogP contribution in [0, 0.1) is 12.3 Å². The molecule has 1 aliphatic carbocycles. The molecule has 4 heteroatoms. The maximum Gasteiger partial charge on any atom is 0.339 e. The molecule has 1 saturated carbocycles. The summed E-state index contributed by atoms with van der Waals surface area (Å²) < 4.78 is 0. The van der Waals surface area contributed by atoms with Crippen LogP contribution in [0.4, 0.5) is 5.82 Å². The largest absolute Gasteiger partial charge is 0.478 e. The summed E-state index contributed by atoms with van der Waals surface area (Å²) in [5.74, 6) is -0.420. The first-order valence-corrected chi connectivity index (χ1v) is 6.87. The van der Waals surface area contributed by atoms with E-state index in [9.17, 15) is 9.90 Å². The van der Waals surface area contributed by atoms with Crippen molar-refractivity contribution in [3.8, 4) is 0 Å². The van der Waals surface area contributed by atoms with Gasteiger partial charge < -0.3 is 10.4 Å². The molecule has 2 N–H and O–H groups in total. The van der Waals surface area contributed by atoms with E-state index in [0.29, 0.717) is 5.82 Å². The van der Waals surface area contributed by atoms with Crippen LogP contribution in [0.25, 0.3) is 0 Å². The number of aryl methyl sites for hydroxylation is 1. The van der Waals surface area contributed by atoms with E-state index in [0.717, 1.165) is 12.1 Å². The van der Waals surface area contributed by atoms with Crippen LogP contribution in [0.2, 0.25) is 0 Å². The molecule has 0 saturated heterocycles. The van der Waals surface area contributed by atoms with E-state index in [2.05, 4.69) is 24.1 Å². The molecule has 2 rings (SSSR count). The van der Waals surface area contributed by atoms with Crippen molar-refractivity contribution >= 4 is 11.8 Å². The van der Waals surface area contributed by atoms with Crippen molar-refractivity contribution in [2.24, 2.45) is 5.41 Å². The molecule has 1 heterocycles. The van der Waals surface area contributed by atoms with Crippen LogP contribution in [0.15, 0.2) is 12.1 Å². The molecular weight excluding hydrogens is 240 g/mol. The molecule has 0 bridgehead atoms. The molecule has 1 atom stereocenters. The van der Waals surface area contributed by atoms with Crippen LogP contribution in [-0.4, -0.2) is 22.1 Å². The number of carboxylic acid groups (broad SMARTS) is 1. The lowest BCUT2D eigenvalue weighted by atomic mass is 9.73. The lowest BCUT2D eigenvalue weighted by molar-refractivity contribution is 0.0697. The summed E-state index contributed by atoms with van der Waals surface area (Å²) >= 11 is 0. The Labute approximate surface area is 114 Å². The van der Waals surface area contributed by atoms with Gasteiger partial charge in [0.2, 0.25) is 0 Å². The normalized spacial score (nSPS) is 21.9. The topological polar surface area (TPSA) is 62.2 Å². The second kappa shape index (κ2) is 5.19. The van der Waals surface area contributed by atoms with Crippen molar-refractivity contribution in [3.63, 3.8) is 0 Å². The van der Waals surface area contributed by atoms with Crippen molar-refractivity contribution in [1.82, 2.24) is 4.98 Å². The highest BCUT2D eigenvalue weighted by molar-refractivity contribution is 5.93. The van der Waals surface area contributed by atoms with Crippen LogP contribution in [0.5, 0.6) is 0 Å². The summed E-state index contributed by atoms with van der Waals surface area (Å²) in [6.07, 6.45) is 4.67. The number of hydrogen-bond acceptors (Lipinski definition) is 3. The summed E-state index contributed by atoms with van der Waals surface area (Å²) in [4.78, 5) is 15.6. The summed E-state index contributed by atoms with van der Waals surface area (Å²) in [5, 5.41) is 12.6. The van der Waals surface area contributed by atoms with Crippen LogP contribution in [0.3, 0.4) is 0 Å². The van der Waals surface area contributed by atoms with E-state index in [1.54, 1.807) is 12.1 Å². The van der Waals surface area contributed by atoms with Gasteiger partial charge in [-0.3, -0.25) is 0 Å². The molecular formula is C15H22N2O2. The quantitative estimate of drug-likeness (QED) is 0.875. The van der Waals surface area contributed by atoms with Gasteiger partial charge in [0, 0.05) is 11.7 Å². The zero-order valence-corrected chi connectivity index (χ0v) is 11.9. The SMILES string of the molecule is Cc1ccc(C(=O)O)c(NC2CCCCC2(C)C)n1. The van der Waals surface area contributed by atoms with E-state index in [4.69, 9.17) is 0 Å². The maximum absolute atomic E-state index is 11.3. The molecule has 0 spiro atoms. The highest BCUT2D eigenvalue weighted by atomic mass is 16.4. The first kappa shape index (κ1) is 13.8. The Morgan fingerprint density at radius 1 is 1.42 bits per heavy atom. The number of aromatic carboxylic acids is 1. The van der Waals surface area contributed by atoms with Gasteiger partial charge in [-0.25, -0.2) is 9.78 Å². The lowest BCUT2D eigenvalue weighted by Gasteiger charge is -2.39. The fourth-order valence-corrected chi connectivity index (χ4v) is 2.77. The van der Waals surface area contributed by atoms with Crippen molar-refractivity contribution in [2.75, 3.05) is 5.32 Å².